The third-order valence-electron chi connectivity index (χ3n) is 5.76. The van der Waals surface area contributed by atoms with Gasteiger partial charge in [0.1, 0.15) is 0 Å². The summed E-state index contributed by atoms with van der Waals surface area (Å²) in [6, 6.07) is 0. The van der Waals surface area contributed by atoms with Crippen LogP contribution in [0.15, 0.2) is 0 Å². The zero-order chi connectivity index (χ0) is 115. The summed E-state index contributed by atoms with van der Waals surface area (Å²) in [4.78, 5) is 0. The molecule has 0 aliphatic heterocycles. The van der Waals surface area contributed by atoms with Crippen molar-refractivity contribution in [1.29, 1.82) is 0 Å². The monoisotopic (exact) mass is 18400 g/mol. The Morgan fingerprint density at radius 2 is 0.103 bits per heavy atom. The van der Waals surface area contributed by atoms with Crippen LogP contribution in [0.2, 0.25) is 0 Å². The van der Waals surface area contributed by atoms with E-state index in [0.29, 0.717) is 13.3 Å². The molecule has 0 nitrogen and oxygen atoms in total. The number of hydrogen-bond donors (Lipinski definition) is 0. The molecule has 0 aliphatic rings. The molecular weight excluding hydrogens is 18400 g/mol. The molecule has 0 fully saturated rings. The van der Waals surface area contributed by atoms with Crippen molar-refractivity contribution in [1.82, 2.24) is 0 Å². The normalized spacial score (nSPS) is 19.2. The van der Waals surface area contributed by atoms with Crippen molar-refractivity contribution in [2.45, 2.75) is 0 Å². The first-order valence-corrected chi connectivity index (χ1v) is 926. The first-order valence-electron chi connectivity index (χ1n) is 20.6. The van der Waals surface area contributed by atoms with E-state index in [1.165, 1.54) is 0 Å². The molecule has 0 saturated carbocycles. The van der Waals surface area contributed by atoms with Crippen LogP contribution < -0.4 is 13.3 Å². The summed E-state index contributed by atoms with van der Waals surface area (Å²) in [7, 11) is -45.7. The quantitative estimate of drug-likeness (QED) is 0.0533. The number of hydrogen-bond acceptors (Lipinski definition) is 0. The summed E-state index contributed by atoms with van der Waals surface area (Å²) in [5.41, 5.74) is 0. The molecule has 145 heteroatoms. The molecule has 0 aromatic carbocycles. The average molecular weight is 18400 g/mol. The van der Waals surface area contributed by atoms with Crippen molar-refractivity contribution in [2.75, 3.05) is 0 Å². The van der Waals surface area contributed by atoms with Crippen molar-refractivity contribution in [3.63, 3.8) is 0 Å². The molecule has 0 rings (SSSR count). The van der Waals surface area contributed by atoms with Gasteiger partial charge in [0, 0.05) is 0 Å². The molecule has 0 aromatic heterocycles. The van der Waals surface area contributed by atoms with E-state index in [2.05, 4.69) is 1360 Å². The minimum atomic E-state index is -0.690. The van der Waals surface area contributed by atoms with Gasteiger partial charge < -0.3 is 0 Å². The molecule has 0 atom stereocenters. The summed E-state index contributed by atoms with van der Waals surface area (Å²) in [6.45, 7) is 0. The van der Waals surface area contributed by atoms with Crippen molar-refractivity contribution in [3.05, 3.63) is 0 Å². The van der Waals surface area contributed by atoms with Crippen LogP contribution in [0, 0.1) is 0 Å². The maximum atomic E-state index is 3.52. The number of rotatable bonds is 71. The summed E-state index contributed by atoms with van der Waals surface area (Å²) in [5, 5.41) is 0. The van der Waals surface area contributed by atoms with Gasteiger partial charge in [0.25, 0.3) is 0 Å². The zero-order valence-electron chi connectivity index (χ0n) is 54.8. The molecule has 0 spiro atoms. The average Bonchev–Trinajstić information content (AvgIpc) is 0.817. The molecule has 0 bridgehead atoms. The van der Waals surface area contributed by atoms with Gasteiger partial charge in [-0.2, -0.15) is 0 Å². The van der Waals surface area contributed by atoms with Gasteiger partial charge in [-0.05, 0) is 0 Å². The molecule has 0 unspecified atom stereocenters. The summed E-state index contributed by atoms with van der Waals surface area (Å²) >= 11 is 252. The summed E-state index contributed by atoms with van der Waals surface area (Å²) in [5.74, 6) is 0. The van der Waals surface area contributed by atoms with Gasteiger partial charge in [-0.3, -0.25) is 0 Å². The zero-order valence-corrected chi connectivity index (χ0v) is 368. The molecule has 0 N–H and O–H groups in total. The Hall–Kier alpha value is 106. The fourth-order valence-electron chi connectivity index (χ4n) is 2.14. The van der Waals surface area contributed by atoms with Gasteiger partial charge >= 0.3 is 1930 Å². The van der Waals surface area contributed by atoms with E-state index in [-0.39, 0.29) is 0 Å². The predicted octanol–water partition coefficient (Wildman–Crippen LogP) is 125. The fraction of sp³-hybridized carbons (Fsp3) is 0. The van der Waals surface area contributed by atoms with Crippen LogP contribution >= 0.6 is 1920 Å². The summed E-state index contributed by atoms with van der Waals surface area (Å²) < 4.78 is 0. The van der Waals surface area contributed by atoms with Crippen LogP contribution in [-0.4, -0.2) is 0 Å². The topological polar surface area (TPSA) is 0 Å². The molecular formula is I145-. The van der Waals surface area contributed by atoms with Crippen LogP contribution in [0.3, 0.4) is 0 Å². The molecule has 0 saturated heterocycles. The maximum absolute atomic E-state index is 3.52. The minimum absolute atomic E-state index is 0.431. The summed E-state index contributed by atoms with van der Waals surface area (Å²) in [6.07, 6.45) is 0. The SMILES string of the molecule is I[I-]I(I)I(I)I(I)I(I)I(I)I(I)I(I)I(I)I(I)I(I)I(I)I(I)I(I)I(I)I(I)I(I)I(I)I(I)I(I)I(I)I(I)I(I)I(I)I(I)I(I)I(I)I(I)I(I)I(I)I(I)I(I)I(I)I(I)I(I)I(I)I(I)I(I)I(I)I(I)I(I)I(I)I(I)I(I)I(I)I(I)I(I)I(I)I(I)I(I)I(I)I(I)I(I)I(I)I(I)I(I)I(I)I(I)I(I)I(I)I(I)I(I)I(I)I(I)I(I)I(I)I(I)I(I)I(I)I(I)I(I)I(I)I. The van der Waals surface area contributed by atoms with Gasteiger partial charge in [-0.15, -0.1) is 0 Å². The van der Waals surface area contributed by atoms with Gasteiger partial charge in [0.2, 0.25) is 0 Å². The van der Waals surface area contributed by atoms with Gasteiger partial charge in [-0.1, -0.05) is 0 Å². The van der Waals surface area contributed by atoms with E-state index in [4.69, 9.17) is 0 Å². The first kappa shape index (κ1) is 251. The van der Waals surface area contributed by atoms with Crippen molar-refractivity contribution in [3.8, 4) is 0 Å². The van der Waals surface area contributed by atoms with E-state index in [1.54, 1.807) is 0 Å². The van der Waals surface area contributed by atoms with Gasteiger partial charge in [-0.25, -0.2) is 0 Å². The molecule has 145 heavy (non-hydrogen) atoms. The molecule has 1016 valence electrons. The van der Waals surface area contributed by atoms with E-state index in [0.717, 1.165) is 0 Å². The van der Waals surface area contributed by atoms with Crippen molar-refractivity contribution < 1.29 is 13.3 Å². The van der Waals surface area contributed by atoms with E-state index in [1.807, 2.05) is 0 Å². The van der Waals surface area contributed by atoms with Crippen LogP contribution in [0.25, 0.3) is 0 Å². The van der Waals surface area contributed by atoms with Crippen LogP contribution in [0.4, 0.5) is 0 Å². The Labute approximate surface area is 1810 Å². The van der Waals surface area contributed by atoms with Crippen molar-refractivity contribution >= 4 is 1920 Å². The molecule has 0 heterocycles. The first-order chi connectivity index (χ1) is 66.0. The second-order valence-electron chi connectivity index (χ2n) is 11.6. The van der Waals surface area contributed by atoms with Crippen LogP contribution in [0.1, 0.15) is 0 Å². The van der Waals surface area contributed by atoms with Gasteiger partial charge in [0.15, 0.2) is 0 Å². The van der Waals surface area contributed by atoms with E-state index < -0.39 is 560 Å². The predicted molar refractivity (Wildman–Crippen MR) is 2020 cm³/mol. The molecule has 0 aliphatic carbocycles. The second-order valence-corrected chi connectivity index (χ2v) is 3490. The Morgan fingerprint density at radius 1 is 0.0621 bits per heavy atom. The molecule has 0 amide bonds. The van der Waals surface area contributed by atoms with Crippen molar-refractivity contribution in [2.24, 2.45) is 0 Å². The third kappa shape index (κ3) is 102. The van der Waals surface area contributed by atoms with E-state index in [9.17, 15) is 0 Å². The van der Waals surface area contributed by atoms with Crippen LogP contribution in [-0.2, 0) is 0 Å². The molecule has 0 radical (unpaired) electrons. The standard InChI is InChI=1S/I145/c1-74-76(4)78(6)80(8)82(10)84(12)86(14)88(16)90(18)92(20)94(22)96(24)98(26)100(28)102(30)104(32)106(34)108(36)110(38)112(40)114(42)116(44)118(46)120(48)122(50)124(52)126(54)128(56)130(58)132(60)134(62)136(64)138(66)140(68)142(70)144(72)145(73)143(71)141(69)139(67)137(65)135(63)133(61)131(59)129(57)127(55)125(53)123(51)121(49)119(47)117(45)115(43)113(41)111(39)109(37)107(35)105(33)103(31)101(29)99(27)97(25)95(23)93(21)91(19)89(17)87(15)85(13)83(11)81(9)79(7)77(5)75(2)3/q-1. The Balaban J connectivity index is 6.01. The molecule has 0 aromatic rings. The number of halogens is 145. The van der Waals surface area contributed by atoms with Gasteiger partial charge in [0.05, 0.1) is 0 Å². The second kappa shape index (κ2) is 151. The fourth-order valence-corrected chi connectivity index (χ4v) is 29100. The van der Waals surface area contributed by atoms with Crippen LogP contribution in [0.5, 0.6) is 0 Å². The Morgan fingerprint density at radius 3 is 0.145 bits per heavy atom. The Kier molecular flexibility index (Phi) is 262. The third-order valence-corrected chi connectivity index (χ3v) is 11700. The Bertz CT molecular complexity index is 2980. The van der Waals surface area contributed by atoms with E-state index >= 15 is 0 Å².